The smallest absolute Gasteiger partial charge is 0.335 e. The first kappa shape index (κ1) is 9.84. The van der Waals surface area contributed by atoms with Crippen LogP contribution < -0.4 is 10.6 Å². The minimum Gasteiger partial charge on any atom is -0.478 e. The van der Waals surface area contributed by atoms with Crippen molar-refractivity contribution in [2.24, 2.45) is 4.99 Å². The van der Waals surface area contributed by atoms with Crippen molar-refractivity contribution in [2.75, 3.05) is 6.54 Å². The molecule has 2 aliphatic rings. The molecule has 0 aliphatic carbocycles. The van der Waals surface area contributed by atoms with Crippen LogP contribution in [0.5, 0.6) is 0 Å². The summed E-state index contributed by atoms with van der Waals surface area (Å²) < 4.78 is 0. The lowest BCUT2D eigenvalue weighted by atomic mass is 10.1. The maximum Gasteiger partial charge on any atom is 0.335 e. The second kappa shape index (κ2) is 3.59. The third kappa shape index (κ3) is 1.54. The highest BCUT2D eigenvalue weighted by atomic mass is 16.4. The highest BCUT2D eigenvalue weighted by Crippen LogP contribution is 2.14. The fraction of sp³-hybridized carbons (Fsp3) is 0.0769. The maximum absolute atomic E-state index is 11.0. The molecule has 0 atom stereocenters. The quantitative estimate of drug-likeness (QED) is 0.757. The number of rotatable bonds is 1. The third-order valence-corrected chi connectivity index (χ3v) is 2.87. The summed E-state index contributed by atoms with van der Waals surface area (Å²) in [5.74, 6) is -0.917. The SMILES string of the molecule is O=C(O)c1ccc2c(c1)=C1C=CCN1C=CN=2. The van der Waals surface area contributed by atoms with Crippen molar-refractivity contribution in [3.8, 4) is 0 Å². The molecule has 3 rings (SSSR count). The molecule has 4 heteroatoms. The van der Waals surface area contributed by atoms with Gasteiger partial charge in [-0.25, -0.2) is 4.79 Å². The van der Waals surface area contributed by atoms with Gasteiger partial charge in [0.15, 0.2) is 0 Å². The van der Waals surface area contributed by atoms with Crippen LogP contribution in [0, 0.1) is 0 Å². The second-order valence-electron chi connectivity index (χ2n) is 3.90. The molecule has 0 unspecified atom stereocenters. The van der Waals surface area contributed by atoms with Gasteiger partial charge in [-0.3, -0.25) is 4.99 Å². The molecule has 84 valence electrons. The molecule has 4 nitrogen and oxygen atoms in total. The van der Waals surface area contributed by atoms with E-state index in [1.54, 1.807) is 24.4 Å². The summed E-state index contributed by atoms with van der Waals surface area (Å²) in [6, 6.07) is 4.99. The Morgan fingerprint density at radius 3 is 3.12 bits per heavy atom. The maximum atomic E-state index is 11.0. The second-order valence-corrected chi connectivity index (χ2v) is 3.90. The fourth-order valence-corrected chi connectivity index (χ4v) is 2.04. The van der Waals surface area contributed by atoms with E-state index in [0.29, 0.717) is 0 Å². The largest absolute Gasteiger partial charge is 0.478 e. The topological polar surface area (TPSA) is 52.9 Å². The van der Waals surface area contributed by atoms with Gasteiger partial charge in [-0.05, 0) is 24.3 Å². The number of hydrogen-bond donors (Lipinski definition) is 1. The Bertz CT molecular complexity index is 671. The van der Waals surface area contributed by atoms with E-state index in [-0.39, 0.29) is 5.56 Å². The fourth-order valence-electron chi connectivity index (χ4n) is 2.04. The minimum absolute atomic E-state index is 0.286. The van der Waals surface area contributed by atoms with Crippen molar-refractivity contribution in [1.82, 2.24) is 4.90 Å². The van der Waals surface area contributed by atoms with Crippen LogP contribution in [0.3, 0.4) is 0 Å². The van der Waals surface area contributed by atoms with Crippen LogP contribution in [0.1, 0.15) is 10.4 Å². The number of carboxylic acid groups (broad SMARTS) is 1. The highest BCUT2D eigenvalue weighted by molar-refractivity contribution is 5.87. The first-order chi connectivity index (χ1) is 8.25. The Kier molecular flexibility index (Phi) is 2.08. The van der Waals surface area contributed by atoms with Crippen LogP contribution in [0.25, 0.3) is 5.70 Å². The number of nitrogens with zero attached hydrogens (tertiary/aromatic N) is 2. The van der Waals surface area contributed by atoms with Crippen molar-refractivity contribution in [3.05, 3.63) is 58.9 Å². The van der Waals surface area contributed by atoms with Gasteiger partial charge in [0.1, 0.15) is 0 Å². The lowest BCUT2D eigenvalue weighted by Gasteiger charge is -2.12. The van der Waals surface area contributed by atoms with Gasteiger partial charge in [0, 0.05) is 24.2 Å². The molecular weight excluding hydrogens is 216 g/mol. The average Bonchev–Trinajstić information content (AvgIpc) is 2.71. The highest BCUT2D eigenvalue weighted by Gasteiger charge is 2.13. The lowest BCUT2D eigenvalue weighted by Crippen LogP contribution is -2.30. The molecular formula is C13H10N2O2. The first-order valence-corrected chi connectivity index (χ1v) is 5.31. The van der Waals surface area contributed by atoms with E-state index in [9.17, 15) is 4.79 Å². The Balaban J connectivity index is 2.38. The average molecular weight is 226 g/mol. The summed E-state index contributed by atoms with van der Waals surface area (Å²) >= 11 is 0. The zero-order chi connectivity index (χ0) is 11.8. The summed E-state index contributed by atoms with van der Waals surface area (Å²) in [6.45, 7) is 0.804. The van der Waals surface area contributed by atoms with E-state index in [0.717, 1.165) is 22.8 Å². The molecule has 1 aromatic carbocycles. The van der Waals surface area contributed by atoms with Gasteiger partial charge in [-0.15, -0.1) is 0 Å². The standard InChI is InChI=1S/C13H10N2O2/c16-13(17)9-3-4-11-10(8-9)12-2-1-6-15(12)7-5-14-11/h1-5,7-8H,6H2,(H,16,17). The normalized spacial score (nSPS) is 16.2. The van der Waals surface area contributed by atoms with Gasteiger partial charge in [0.2, 0.25) is 0 Å². The van der Waals surface area contributed by atoms with E-state index in [4.69, 9.17) is 5.11 Å². The molecule has 0 saturated heterocycles. The predicted octanol–water partition coefficient (Wildman–Crippen LogP) is 0.469. The summed E-state index contributed by atoms with van der Waals surface area (Å²) in [7, 11) is 0. The Morgan fingerprint density at radius 1 is 1.41 bits per heavy atom. The number of aromatic carboxylic acids is 1. The van der Waals surface area contributed by atoms with Crippen LogP contribution in [0.2, 0.25) is 0 Å². The van der Waals surface area contributed by atoms with Crippen molar-refractivity contribution in [3.63, 3.8) is 0 Å². The van der Waals surface area contributed by atoms with Crippen LogP contribution >= 0.6 is 0 Å². The van der Waals surface area contributed by atoms with Gasteiger partial charge in [-0.2, -0.15) is 0 Å². The zero-order valence-corrected chi connectivity index (χ0v) is 9.00. The molecule has 1 N–H and O–H groups in total. The molecule has 1 aromatic rings. The molecule has 0 radical (unpaired) electrons. The van der Waals surface area contributed by atoms with Gasteiger partial charge in [0.25, 0.3) is 0 Å². The van der Waals surface area contributed by atoms with Gasteiger partial charge in [0.05, 0.1) is 16.6 Å². The number of benzene rings is 1. The molecule has 0 amide bonds. The van der Waals surface area contributed by atoms with E-state index >= 15 is 0 Å². The Hall–Kier alpha value is -2.36. The monoisotopic (exact) mass is 226 g/mol. The molecule has 0 spiro atoms. The number of hydrogen-bond acceptors (Lipinski definition) is 3. The molecule has 2 aliphatic heterocycles. The number of carbonyl (C=O) groups is 1. The van der Waals surface area contributed by atoms with E-state index in [1.807, 2.05) is 23.3 Å². The van der Waals surface area contributed by atoms with E-state index < -0.39 is 5.97 Å². The third-order valence-electron chi connectivity index (χ3n) is 2.87. The van der Waals surface area contributed by atoms with Crippen LogP contribution in [0.15, 0.2) is 47.7 Å². The molecule has 0 bridgehead atoms. The first-order valence-electron chi connectivity index (χ1n) is 5.31. The van der Waals surface area contributed by atoms with Crippen molar-refractivity contribution < 1.29 is 9.90 Å². The van der Waals surface area contributed by atoms with Gasteiger partial charge >= 0.3 is 5.97 Å². The van der Waals surface area contributed by atoms with Crippen LogP contribution in [-0.2, 0) is 0 Å². The zero-order valence-electron chi connectivity index (χ0n) is 9.00. The Morgan fingerprint density at radius 2 is 2.29 bits per heavy atom. The molecule has 17 heavy (non-hydrogen) atoms. The summed E-state index contributed by atoms with van der Waals surface area (Å²) in [6.07, 6.45) is 7.67. The lowest BCUT2D eigenvalue weighted by molar-refractivity contribution is 0.0697. The molecule has 0 aromatic heterocycles. The molecule has 0 fully saturated rings. The van der Waals surface area contributed by atoms with Crippen LogP contribution in [-0.4, -0.2) is 22.5 Å². The van der Waals surface area contributed by atoms with Crippen LogP contribution in [0.4, 0.5) is 0 Å². The summed E-state index contributed by atoms with van der Waals surface area (Å²) in [4.78, 5) is 17.3. The van der Waals surface area contributed by atoms with Gasteiger partial charge < -0.3 is 10.0 Å². The van der Waals surface area contributed by atoms with Gasteiger partial charge in [-0.1, -0.05) is 6.08 Å². The van der Waals surface area contributed by atoms with Crippen molar-refractivity contribution in [2.45, 2.75) is 0 Å². The van der Waals surface area contributed by atoms with E-state index in [2.05, 4.69) is 4.99 Å². The molecule has 0 saturated carbocycles. The van der Waals surface area contributed by atoms with Crippen molar-refractivity contribution in [1.29, 1.82) is 0 Å². The minimum atomic E-state index is -0.917. The Labute approximate surface area is 97.5 Å². The number of fused-ring (bicyclic) bond motifs is 2. The number of carboxylic acids is 1. The summed E-state index contributed by atoms with van der Waals surface area (Å²) in [5, 5.41) is 10.7. The molecule has 2 heterocycles. The summed E-state index contributed by atoms with van der Waals surface area (Å²) in [5.41, 5.74) is 1.29. The van der Waals surface area contributed by atoms with E-state index in [1.165, 1.54) is 0 Å². The predicted molar refractivity (Wildman–Crippen MR) is 62.6 cm³/mol. The van der Waals surface area contributed by atoms with Crippen molar-refractivity contribution >= 4 is 11.7 Å².